The summed E-state index contributed by atoms with van der Waals surface area (Å²) >= 11 is 0. The summed E-state index contributed by atoms with van der Waals surface area (Å²) in [5.41, 5.74) is 0.747. The van der Waals surface area contributed by atoms with Crippen LogP contribution >= 0.6 is 0 Å². The summed E-state index contributed by atoms with van der Waals surface area (Å²) in [6.45, 7) is 1.75. The third kappa shape index (κ3) is 1.94. The Hall–Kier alpha value is -2.44. The molecule has 17 heavy (non-hydrogen) atoms. The number of carbonyl (C=O) groups is 1. The Morgan fingerprint density at radius 3 is 2.76 bits per heavy atom. The second-order valence-corrected chi connectivity index (χ2v) is 3.33. The van der Waals surface area contributed by atoms with E-state index in [0.717, 1.165) is 0 Å². The molecule has 88 valence electrons. The van der Waals surface area contributed by atoms with Crippen LogP contribution in [0, 0.1) is 6.92 Å². The zero-order valence-corrected chi connectivity index (χ0v) is 9.28. The number of aryl methyl sites for hydroxylation is 1. The lowest BCUT2D eigenvalue weighted by Gasteiger charge is -2.07. The van der Waals surface area contributed by atoms with Crippen molar-refractivity contribution in [1.82, 2.24) is 20.2 Å². The van der Waals surface area contributed by atoms with E-state index in [4.69, 9.17) is 9.84 Å². The van der Waals surface area contributed by atoms with E-state index in [0.29, 0.717) is 11.5 Å². The van der Waals surface area contributed by atoms with Gasteiger partial charge in [-0.15, -0.1) is 5.10 Å². The van der Waals surface area contributed by atoms with Crippen LogP contribution in [-0.4, -0.2) is 38.4 Å². The number of carboxylic acids is 1. The molecule has 0 bridgehead atoms. The summed E-state index contributed by atoms with van der Waals surface area (Å²) in [4.78, 5) is 10.9. The molecule has 0 radical (unpaired) electrons. The second-order valence-electron chi connectivity index (χ2n) is 3.33. The molecule has 7 nitrogen and oxygen atoms in total. The summed E-state index contributed by atoms with van der Waals surface area (Å²) in [5, 5.41) is 20.0. The molecule has 0 aliphatic heterocycles. The number of hydrogen-bond acceptors (Lipinski definition) is 5. The Balaban J connectivity index is 2.52. The monoisotopic (exact) mass is 234 g/mol. The quantitative estimate of drug-likeness (QED) is 0.839. The van der Waals surface area contributed by atoms with Gasteiger partial charge in [0.1, 0.15) is 11.3 Å². The second kappa shape index (κ2) is 4.20. The van der Waals surface area contributed by atoms with Gasteiger partial charge in [-0.25, -0.2) is 4.79 Å². The molecule has 0 saturated carbocycles. The molecule has 2 aromatic rings. The molecule has 0 atom stereocenters. The minimum absolute atomic E-state index is 0.0991. The standard InChI is InChI=1S/C10H10N4O3/c1-6-11-12-13-14(6)7-3-4-8(10(15)16)9(5-7)17-2/h3-5H,1-2H3,(H,15,16). The molecule has 0 aliphatic rings. The normalized spacial score (nSPS) is 10.2. The van der Waals surface area contributed by atoms with Crippen LogP contribution in [0.1, 0.15) is 16.2 Å². The zero-order chi connectivity index (χ0) is 12.4. The van der Waals surface area contributed by atoms with E-state index in [1.54, 1.807) is 19.1 Å². The summed E-state index contributed by atoms with van der Waals surface area (Å²) in [7, 11) is 1.41. The maximum atomic E-state index is 10.9. The van der Waals surface area contributed by atoms with Gasteiger partial charge in [0.05, 0.1) is 12.8 Å². The first-order chi connectivity index (χ1) is 8.13. The maximum Gasteiger partial charge on any atom is 0.339 e. The Labute approximate surface area is 96.6 Å². The van der Waals surface area contributed by atoms with E-state index in [9.17, 15) is 4.79 Å². The fourth-order valence-electron chi connectivity index (χ4n) is 1.46. The van der Waals surface area contributed by atoms with Crippen LogP contribution in [-0.2, 0) is 0 Å². The number of rotatable bonds is 3. The number of tetrazole rings is 1. The Kier molecular flexibility index (Phi) is 2.73. The molecule has 0 aliphatic carbocycles. The minimum atomic E-state index is -1.04. The predicted molar refractivity (Wildman–Crippen MR) is 57.4 cm³/mol. The minimum Gasteiger partial charge on any atom is -0.496 e. The molecule has 1 N–H and O–H groups in total. The summed E-state index contributed by atoms with van der Waals surface area (Å²) in [6, 6.07) is 4.65. The van der Waals surface area contributed by atoms with E-state index in [1.807, 2.05) is 0 Å². The van der Waals surface area contributed by atoms with E-state index in [-0.39, 0.29) is 11.3 Å². The van der Waals surface area contributed by atoms with Gasteiger partial charge in [-0.1, -0.05) is 0 Å². The van der Waals surface area contributed by atoms with Gasteiger partial charge >= 0.3 is 5.97 Å². The van der Waals surface area contributed by atoms with Crippen molar-refractivity contribution in [3.8, 4) is 11.4 Å². The van der Waals surface area contributed by atoms with Gasteiger partial charge in [0, 0.05) is 6.07 Å². The third-order valence-electron chi connectivity index (χ3n) is 2.29. The number of hydrogen-bond donors (Lipinski definition) is 1. The van der Waals surface area contributed by atoms with Crippen molar-refractivity contribution in [3.63, 3.8) is 0 Å². The number of ether oxygens (including phenoxy) is 1. The van der Waals surface area contributed by atoms with Crippen molar-refractivity contribution in [2.75, 3.05) is 7.11 Å². The predicted octanol–water partition coefficient (Wildman–Crippen LogP) is 0.678. The van der Waals surface area contributed by atoms with Crippen LogP contribution in [0.5, 0.6) is 5.75 Å². The van der Waals surface area contributed by atoms with Gasteiger partial charge in [-0.2, -0.15) is 4.68 Å². The highest BCUT2D eigenvalue weighted by atomic mass is 16.5. The highest BCUT2D eigenvalue weighted by Crippen LogP contribution is 2.22. The van der Waals surface area contributed by atoms with Crippen molar-refractivity contribution in [3.05, 3.63) is 29.6 Å². The molecule has 0 fully saturated rings. The fourth-order valence-corrected chi connectivity index (χ4v) is 1.46. The molecule has 2 rings (SSSR count). The van der Waals surface area contributed by atoms with Crippen LogP contribution in [0.15, 0.2) is 18.2 Å². The SMILES string of the molecule is COc1cc(-n2nnnc2C)ccc1C(=O)O. The van der Waals surface area contributed by atoms with Crippen molar-refractivity contribution < 1.29 is 14.6 Å². The molecule has 1 aromatic heterocycles. The van der Waals surface area contributed by atoms with Crippen molar-refractivity contribution in [1.29, 1.82) is 0 Å². The molecule has 1 aromatic carbocycles. The highest BCUT2D eigenvalue weighted by Gasteiger charge is 2.13. The summed E-state index contributed by atoms with van der Waals surface area (Å²) in [5.74, 6) is -0.165. The van der Waals surface area contributed by atoms with Crippen LogP contribution in [0.2, 0.25) is 0 Å². The molecule has 0 amide bonds. The molecule has 1 heterocycles. The smallest absolute Gasteiger partial charge is 0.339 e. The first-order valence-electron chi connectivity index (χ1n) is 4.80. The number of benzene rings is 1. The Morgan fingerprint density at radius 1 is 1.47 bits per heavy atom. The van der Waals surface area contributed by atoms with Crippen LogP contribution in [0.3, 0.4) is 0 Å². The van der Waals surface area contributed by atoms with E-state index in [2.05, 4.69) is 15.5 Å². The van der Waals surface area contributed by atoms with Gasteiger partial charge in [-0.3, -0.25) is 0 Å². The lowest BCUT2D eigenvalue weighted by Crippen LogP contribution is -2.04. The topological polar surface area (TPSA) is 90.1 Å². The van der Waals surface area contributed by atoms with Gasteiger partial charge < -0.3 is 9.84 Å². The number of aromatic nitrogens is 4. The van der Waals surface area contributed by atoms with Crippen molar-refractivity contribution >= 4 is 5.97 Å². The van der Waals surface area contributed by atoms with Gasteiger partial charge in [0.25, 0.3) is 0 Å². The van der Waals surface area contributed by atoms with Gasteiger partial charge in [0.2, 0.25) is 0 Å². The molecule has 0 unspecified atom stereocenters. The Bertz CT molecular complexity index is 564. The fraction of sp³-hybridized carbons (Fsp3) is 0.200. The Morgan fingerprint density at radius 2 is 2.24 bits per heavy atom. The number of nitrogens with zero attached hydrogens (tertiary/aromatic N) is 4. The molecule has 0 saturated heterocycles. The van der Waals surface area contributed by atoms with Gasteiger partial charge in [-0.05, 0) is 29.5 Å². The molecular formula is C10H10N4O3. The number of carboxylic acid groups (broad SMARTS) is 1. The van der Waals surface area contributed by atoms with Crippen molar-refractivity contribution in [2.24, 2.45) is 0 Å². The van der Waals surface area contributed by atoms with Crippen LogP contribution < -0.4 is 4.74 Å². The molecule has 7 heteroatoms. The van der Waals surface area contributed by atoms with E-state index in [1.165, 1.54) is 17.9 Å². The molecule has 0 spiro atoms. The average Bonchev–Trinajstić information content (AvgIpc) is 2.74. The summed E-state index contributed by atoms with van der Waals surface area (Å²) < 4.78 is 6.52. The van der Waals surface area contributed by atoms with E-state index < -0.39 is 5.97 Å². The van der Waals surface area contributed by atoms with Crippen molar-refractivity contribution in [2.45, 2.75) is 6.92 Å². The van der Waals surface area contributed by atoms with Crippen LogP contribution in [0.25, 0.3) is 5.69 Å². The summed E-state index contributed by atoms with van der Waals surface area (Å²) in [6.07, 6.45) is 0. The first kappa shape index (κ1) is 11.1. The molecular weight excluding hydrogens is 224 g/mol. The number of aromatic carboxylic acids is 1. The average molecular weight is 234 g/mol. The highest BCUT2D eigenvalue weighted by molar-refractivity contribution is 5.91. The third-order valence-corrected chi connectivity index (χ3v) is 2.29. The lowest BCUT2D eigenvalue weighted by atomic mass is 10.2. The van der Waals surface area contributed by atoms with Crippen LogP contribution in [0.4, 0.5) is 0 Å². The maximum absolute atomic E-state index is 10.9. The first-order valence-corrected chi connectivity index (χ1v) is 4.80. The largest absolute Gasteiger partial charge is 0.496 e. The van der Waals surface area contributed by atoms with E-state index >= 15 is 0 Å². The number of methoxy groups -OCH3 is 1. The zero-order valence-electron chi connectivity index (χ0n) is 9.28. The lowest BCUT2D eigenvalue weighted by molar-refractivity contribution is 0.0693. The van der Waals surface area contributed by atoms with Gasteiger partial charge in [0.15, 0.2) is 5.82 Å².